The first kappa shape index (κ1) is 29.0. The second kappa shape index (κ2) is 11.1. The smallest absolute Gasteiger partial charge is 0.239 e. The molecule has 0 aliphatic carbocycles. The lowest BCUT2D eigenvalue weighted by Crippen LogP contribution is -2.58. The van der Waals surface area contributed by atoms with Gasteiger partial charge < -0.3 is 64.2 Å². The van der Waals surface area contributed by atoms with Gasteiger partial charge >= 0.3 is 0 Å². The second-order valence-corrected chi connectivity index (χ2v) is 10.1. The van der Waals surface area contributed by atoms with E-state index in [-0.39, 0.29) is 33.8 Å². The summed E-state index contributed by atoms with van der Waals surface area (Å²) in [6.07, 6.45) is -14.3. The van der Waals surface area contributed by atoms with Crippen molar-refractivity contribution in [1.29, 1.82) is 0 Å². The third-order valence-electron chi connectivity index (χ3n) is 7.14. The fraction of sp³-hybridized carbons (Fsp3) is 0.444. The van der Waals surface area contributed by atoms with Gasteiger partial charge in [0.1, 0.15) is 64.8 Å². The van der Waals surface area contributed by atoms with E-state index in [4.69, 9.17) is 23.4 Å². The van der Waals surface area contributed by atoms with E-state index in [1.807, 2.05) is 0 Å². The minimum atomic E-state index is -1.76. The van der Waals surface area contributed by atoms with Crippen molar-refractivity contribution < 1.29 is 64.2 Å². The van der Waals surface area contributed by atoms with Crippen LogP contribution in [-0.2, 0) is 9.47 Å². The third-order valence-corrected chi connectivity index (χ3v) is 7.14. The van der Waals surface area contributed by atoms with Crippen molar-refractivity contribution in [2.45, 2.75) is 75.3 Å². The summed E-state index contributed by atoms with van der Waals surface area (Å²) in [6.45, 7) is 2.90. The zero-order chi connectivity index (χ0) is 29.7. The minimum Gasteiger partial charge on any atom is -0.508 e. The number of benzene rings is 2. The van der Waals surface area contributed by atoms with Gasteiger partial charge in [-0.05, 0) is 38.1 Å². The molecule has 222 valence electrons. The van der Waals surface area contributed by atoms with Gasteiger partial charge in [-0.3, -0.25) is 4.79 Å². The molecular formula is C27H30O14. The Balaban J connectivity index is 1.58. The van der Waals surface area contributed by atoms with E-state index >= 15 is 0 Å². The molecule has 41 heavy (non-hydrogen) atoms. The highest BCUT2D eigenvalue weighted by Crippen LogP contribution is 2.38. The van der Waals surface area contributed by atoms with Crippen molar-refractivity contribution >= 4 is 11.0 Å². The predicted octanol–water partition coefficient (Wildman–Crippen LogP) is -0.716. The van der Waals surface area contributed by atoms with Gasteiger partial charge in [0.2, 0.25) is 23.8 Å². The molecule has 3 aromatic rings. The van der Waals surface area contributed by atoms with Gasteiger partial charge in [0, 0.05) is 17.7 Å². The minimum absolute atomic E-state index is 0.0859. The Morgan fingerprint density at radius 1 is 0.707 bits per heavy atom. The number of phenolic OH excluding ortho intramolecular Hbond substituents is 2. The molecular weight excluding hydrogens is 548 g/mol. The van der Waals surface area contributed by atoms with Crippen LogP contribution in [0, 0.1) is 0 Å². The third kappa shape index (κ3) is 5.31. The topological polar surface area (TPSA) is 229 Å². The van der Waals surface area contributed by atoms with E-state index in [2.05, 4.69) is 0 Å². The van der Waals surface area contributed by atoms with E-state index < -0.39 is 78.3 Å². The van der Waals surface area contributed by atoms with Crippen molar-refractivity contribution in [1.82, 2.24) is 0 Å². The molecule has 0 amide bonds. The summed E-state index contributed by atoms with van der Waals surface area (Å²) in [5, 5.41) is 81.1. The van der Waals surface area contributed by atoms with E-state index in [1.165, 1.54) is 44.2 Å². The molecule has 5 rings (SSSR count). The summed E-state index contributed by atoms with van der Waals surface area (Å²) in [6, 6.07) is 7.71. The van der Waals surface area contributed by atoms with Gasteiger partial charge in [0.15, 0.2) is 5.76 Å². The standard InChI is InChI=1S/C27H30O14/c1-9-17(30)20(33)22(35)26(37-9)39-13-7-14(29)16-15(8-13)40-24(11-3-5-12(28)6-4-11)25(19(16)32)41-27-23(36)21(34)18(31)10(2)38-27/h3-10,17-18,20-23,26-31,33-36H,1-2H3. The number of aliphatic hydroxyl groups is 6. The average molecular weight is 579 g/mol. The van der Waals surface area contributed by atoms with E-state index in [9.17, 15) is 45.6 Å². The normalized spacial score (nSPS) is 34.0. The fourth-order valence-corrected chi connectivity index (χ4v) is 4.71. The Morgan fingerprint density at radius 2 is 1.24 bits per heavy atom. The highest BCUT2D eigenvalue weighted by atomic mass is 16.7. The summed E-state index contributed by atoms with van der Waals surface area (Å²) in [7, 11) is 0. The maximum atomic E-state index is 13.7. The molecule has 2 fully saturated rings. The van der Waals surface area contributed by atoms with Crippen LogP contribution in [-0.4, -0.2) is 102 Å². The van der Waals surface area contributed by atoms with Gasteiger partial charge in [0.25, 0.3) is 0 Å². The summed E-state index contributed by atoms with van der Waals surface area (Å²) >= 11 is 0. The molecule has 0 radical (unpaired) electrons. The monoisotopic (exact) mass is 578 g/mol. The number of hydrogen-bond donors (Lipinski definition) is 8. The second-order valence-electron chi connectivity index (χ2n) is 10.1. The van der Waals surface area contributed by atoms with Crippen LogP contribution < -0.4 is 14.9 Å². The summed E-state index contributed by atoms with van der Waals surface area (Å²) in [5.41, 5.74) is -0.865. The Kier molecular flexibility index (Phi) is 7.84. The highest BCUT2D eigenvalue weighted by molar-refractivity contribution is 5.88. The molecule has 1 aromatic heterocycles. The zero-order valence-electron chi connectivity index (χ0n) is 21.8. The molecule has 0 bridgehead atoms. The lowest BCUT2D eigenvalue weighted by atomic mass is 10.00. The molecule has 0 saturated carbocycles. The molecule has 14 nitrogen and oxygen atoms in total. The molecule has 0 spiro atoms. The Morgan fingerprint density at radius 3 is 1.80 bits per heavy atom. The first-order valence-corrected chi connectivity index (χ1v) is 12.7. The van der Waals surface area contributed by atoms with Crippen LogP contribution in [0.1, 0.15) is 13.8 Å². The predicted molar refractivity (Wildman–Crippen MR) is 137 cm³/mol. The van der Waals surface area contributed by atoms with Gasteiger partial charge in [-0.25, -0.2) is 0 Å². The number of fused-ring (bicyclic) bond motifs is 1. The van der Waals surface area contributed by atoms with Crippen molar-refractivity contribution in [3.63, 3.8) is 0 Å². The quantitative estimate of drug-likeness (QED) is 0.187. The number of rotatable bonds is 5. The lowest BCUT2D eigenvalue weighted by molar-refractivity contribution is -0.268. The SMILES string of the molecule is CC1OC(Oc2cc(O)c3c(=O)c(OC4OC(C)C(O)C(O)C4O)c(-c4ccc(O)cc4)oc3c2)C(O)C(O)C1O. The number of ether oxygens (including phenoxy) is 4. The Bertz CT molecular complexity index is 1460. The van der Waals surface area contributed by atoms with Crippen LogP contribution in [0.5, 0.6) is 23.0 Å². The average Bonchev–Trinajstić information content (AvgIpc) is 2.93. The summed E-state index contributed by atoms with van der Waals surface area (Å²) in [4.78, 5) is 13.7. The first-order valence-electron chi connectivity index (χ1n) is 12.7. The van der Waals surface area contributed by atoms with Gasteiger partial charge in [-0.15, -0.1) is 0 Å². The van der Waals surface area contributed by atoms with E-state index in [0.29, 0.717) is 0 Å². The van der Waals surface area contributed by atoms with Gasteiger partial charge in [-0.2, -0.15) is 0 Å². The molecule has 2 saturated heterocycles. The molecule has 3 heterocycles. The van der Waals surface area contributed by atoms with Crippen molar-refractivity contribution in [3.05, 3.63) is 46.6 Å². The van der Waals surface area contributed by atoms with Crippen LogP contribution in [0.4, 0.5) is 0 Å². The fourth-order valence-electron chi connectivity index (χ4n) is 4.71. The van der Waals surface area contributed by atoms with Crippen LogP contribution in [0.2, 0.25) is 0 Å². The maximum absolute atomic E-state index is 13.7. The molecule has 8 N–H and O–H groups in total. The maximum Gasteiger partial charge on any atom is 0.239 e. The Hall–Kier alpha value is -3.47. The first-order chi connectivity index (χ1) is 19.4. The largest absolute Gasteiger partial charge is 0.508 e. The number of hydrogen-bond acceptors (Lipinski definition) is 14. The summed E-state index contributed by atoms with van der Waals surface area (Å²) < 4.78 is 28.2. The van der Waals surface area contributed by atoms with Crippen LogP contribution in [0.15, 0.2) is 45.6 Å². The van der Waals surface area contributed by atoms with E-state index in [1.54, 1.807) is 0 Å². The van der Waals surface area contributed by atoms with Gasteiger partial charge in [0.05, 0.1) is 12.2 Å². The molecule has 2 aromatic carbocycles. The highest BCUT2D eigenvalue weighted by Gasteiger charge is 2.45. The van der Waals surface area contributed by atoms with Crippen molar-refractivity contribution in [2.24, 2.45) is 0 Å². The Labute approximate surface area is 231 Å². The van der Waals surface area contributed by atoms with Crippen LogP contribution in [0.25, 0.3) is 22.3 Å². The molecule has 2 aliphatic rings. The number of aliphatic hydroxyl groups excluding tert-OH is 6. The van der Waals surface area contributed by atoms with E-state index in [0.717, 1.165) is 6.07 Å². The number of phenols is 2. The summed E-state index contributed by atoms with van der Waals surface area (Å²) in [5.74, 6) is -1.55. The lowest BCUT2D eigenvalue weighted by Gasteiger charge is -2.39. The van der Waals surface area contributed by atoms with Crippen LogP contribution in [0.3, 0.4) is 0 Å². The van der Waals surface area contributed by atoms with Crippen molar-refractivity contribution in [2.75, 3.05) is 0 Å². The van der Waals surface area contributed by atoms with Crippen LogP contribution >= 0.6 is 0 Å². The molecule has 14 heteroatoms. The zero-order valence-corrected chi connectivity index (χ0v) is 21.8. The molecule has 10 unspecified atom stereocenters. The van der Waals surface area contributed by atoms with Gasteiger partial charge in [-0.1, -0.05) is 0 Å². The molecule has 10 atom stereocenters. The van der Waals surface area contributed by atoms with Crippen molar-refractivity contribution in [3.8, 4) is 34.3 Å². The number of aromatic hydroxyl groups is 2. The molecule has 2 aliphatic heterocycles.